The van der Waals surface area contributed by atoms with Gasteiger partial charge in [-0.25, -0.2) is 8.42 Å². The Hall–Kier alpha value is -3.04. The molecule has 0 radical (unpaired) electrons. The van der Waals surface area contributed by atoms with Crippen molar-refractivity contribution >= 4 is 39.1 Å². The third-order valence-electron chi connectivity index (χ3n) is 8.47. The standard InChI is InChI=1S/C31H38ClN3O5S/c1-34-15-6-4-3-5-7-16-35-20-31(14-8-9-23-17-24(32)11-12-26(23)31)21-40-28-13-10-22(18-27(28)35)25(19-29(34)36)30(37)33-41(2,38)39/h4,6,10-13,17-18,25H,3,5,7-9,14-16,19-21H2,1-2H3,(H,33,37)/b6-4+/t25-,31-/m0/s1. The summed E-state index contributed by atoms with van der Waals surface area (Å²) in [4.78, 5) is 30.3. The molecule has 0 saturated carbocycles. The van der Waals surface area contributed by atoms with E-state index < -0.39 is 21.8 Å². The number of carbonyl (C=O) groups excluding carboxylic acids is 2. The number of anilines is 1. The number of fused-ring (bicyclic) bond motifs is 3. The van der Waals surface area contributed by atoms with E-state index >= 15 is 0 Å². The fourth-order valence-electron chi connectivity index (χ4n) is 6.35. The van der Waals surface area contributed by atoms with Crippen molar-refractivity contribution in [2.24, 2.45) is 0 Å². The summed E-state index contributed by atoms with van der Waals surface area (Å²) in [6.45, 7) is 2.50. The van der Waals surface area contributed by atoms with Crippen LogP contribution < -0.4 is 14.4 Å². The number of hydrogen-bond donors (Lipinski definition) is 1. The number of amides is 2. The van der Waals surface area contributed by atoms with Crippen molar-refractivity contribution in [2.45, 2.75) is 56.3 Å². The van der Waals surface area contributed by atoms with Gasteiger partial charge in [-0.1, -0.05) is 35.9 Å². The lowest BCUT2D eigenvalue weighted by Crippen LogP contribution is -2.46. The molecular formula is C31H38ClN3O5S. The van der Waals surface area contributed by atoms with Gasteiger partial charge >= 0.3 is 0 Å². The van der Waals surface area contributed by atoms with Gasteiger partial charge in [-0.3, -0.25) is 14.3 Å². The Morgan fingerprint density at radius 3 is 2.76 bits per heavy atom. The van der Waals surface area contributed by atoms with Crippen LogP contribution in [0.2, 0.25) is 5.02 Å². The van der Waals surface area contributed by atoms with Crippen LogP contribution in [-0.2, 0) is 31.4 Å². The van der Waals surface area contributed by atoms with E-state index in [9.17, 15) is 18.0 Å². The Morgan fingerprint density at radius 1 is 1.12 bits per heavy atom. The summed E-state index contributed by atoms with van der Waals surface area (Å²) in [5.41, 5.74) is 3.77. The molecule has 2 aromatic rings. The maximum atomic E-state index is 13.3. The van der Waals surface area contributed by atoms with Gasteiger partial charge in [0.25, 0.3) is 0 Å². The first kappa shape index (κ1) is 29.5. The molecule has 2 aliphatic heterocycles. The van der Waals surface area contributed by atoms with Crippen molar-refractivity contribution in [1.29, 1.82) is 0 Å². The van der Waals surface area contributed by atoms with E-state index in [4.69, 9.17) is 16.3 Å². The van der Waals surface area contributed by atoms with Crippen LogP contribution in [0.25, 0.3) is 0 Å². The van der Waals surface area contributed by atoms with Crippen LogP contribution in [0.5, 0.6) is 5.75 Å². The zero-order valence-corrected chi connectivity index (χ0v) is 25.3. The Labute approximate surface area is 247 Å². The maximum absolute atomic E-state index is 13.3. The molecular weight excluding hydrogens is 562 g/mol. The molecule has 5 rings (SSSR count). The first-order valence-corrected chi connectivity index (χ1v) is 16.5. The maximum Gasteiger partial charge on any atom is 0.241 e. The first-order chi connectivity index (χ1) is 19.5. The van der Waals surface area contributed by atoms with Crippen molar-refractivity contribution in [3.8, 4) is 5.75 Å². The van der Waals surface area contributed by atoms with Gasteiger partial charge in [0.2, 0.25) is 21.8 Å². The lowest BCUT2D eigenvalue weighted by molar-refractivity contribution is -0.132. The third kappa shape index (κ3) is 6.72. The van der Waals surface area contributed by atoms with Gasteiger partial charge in [0, 0.05) is 43.5 Å². The molecule has 0 fully saturated rings. The van der Waals surface area contributed by atoms with Gasteiger partial charge in [-0.2, -0.15) is 0 Å². The van der Waals surface area contributed by atoms with Crippen molar-refractivity contribution in [3.63, 3.8) is 0 Å². The lowest BCUT2D eigenvalue weighted by atomic mass is 9.70. The van der Waals surface area contributed by atoms with Crippen molar-refractivity contribution in [3.05, 3.63) is 70.3 Å². The van der Waals surface area contributed by atoms with Crippen LogP contribution in [0.1, 0.15) is 61.1 Å². The lowest BCUT2D eigenvalue weighted by Gasteiger charge is -2.41. The average Bonchev–Trinajstić information content (AvgIpc) is 3.06. The minimum absolute atomic E-state index is 0.149. The van der Waals surface area contributed by atoms with E-state index in [-0.39, 0.29) is 17.7 Å². The predicted molar refractivity (Wildman–Crippen MR) is 161 cm³/mol. The topological polar surface area (TPSA) is 96.0 Å². The van der Waals surface area contributed by atoms with Crippen LogP contribution in [-0.4, -0.2) is 64.7 Å². The molecule has 2 heterocycles. The highest BCUT2D eigenvalue weighted by atomic mass is 35.5. The van der Waals surface area contributed by atoms with E-state index in [2.05, 4.69) is 27.8 Å². The van der Waals surface area contributed by atoms with E-state index in [1.807, 2.05) is 24.3 Å². The van der Waals surface area contributed by atoms with E-state index in [1.165, 1.54) is 11.1 Å². The van der Waals surface area contributed by atoms with Crippen LogP contribution in [0, 0.1) is 0 Å². The second kappa shape index (κ2) is 12.1. The Morgan fingerprint density at radius 2 is 1.95 bits per heavy atom. The number of benzene rings is 2. The molecule has 1 N–H and O–H groups in total. The predicted octanol–water partition coefficient (Wildman–Crippen LogP) is 4.56. The Bertz CT molecular complexity index is 1460. The van der Waals surface area contributed by atoms with Crippen molar-refractivity contribution in [1.82, 2.24) is 9.62 Å². The molecule has 2 atom stereocenters. The number of nitrogens with zero attached hydrogens (tertiary/aromatic N) is 2. The van der Waals surface area contributed by atoms with Gasteiger partial charge in [0.05, 0.1) is 24.5 Å². The number of halogens is 1. The molecule has 0 saturated heterocycles. The molecule has 2 amide bonds. The molecule has 2 aromatic carbocycles. The number of aryl methyl sites for hydroxylation is 1. The SMILES string of the molecule is CN1C/C=C/CCCCN2C[C@@]3(CCCc4cc(Cl)ccc43)COc3ccc(cc32)[C@@H](C(=O)NS(C)(=O)=O)CC1=O. The van der Waals surface area contributed by atoms with E-state index in [1.54, 1.807) is 18.0 Å². The van der Waals surface area contributed by atoms with Gasteiger partial charge in [-0.05, 0) is 79.5 Å². The number of sulfonamides is 1. The van der Waals surface area contributed by atoms with Gasteiger partial charge in [-0.15, -0.1) is 0 Å². The number of likely N-dealkylation sites (N-methyl/N-ethyl adjacent to an activating group) is 1. The Balaban J connectivity index is 1.57. The molecule has 1 aliphatic carbocycles. The number of hydrogen-bond acceptors (Lipinski definition) is 6. The minimum Gasteiger partial charge on any atom is -0.490 e. The molecule has 3 aliphatic rings. The largest absolute Gasteiger partial charge is 0.490 e. The fourth-order valence-corrected chi connectivity index (χ4v) is 7.05. The summed E-state index contributed by atoms with van der Waals surface area (Å²) in [6.07, 6.45) is 10.7. The number of ether oxygens (including phenoxy) is 1. The zero-order chi connectivity index (χ0) is 29.2. The summed E-state index contributed by atoms with van der Waals surface area (Å²) in [6, 6.07) is 11.7. The highest BCUT2D eigenvalue weighted by molar-refractivity contribution is 7.89. The van der Waals surface area contributed by atoms with E-state index in [0.29, 0.717) is 18.7 Å². The van der Waals surface area contributed by atoms with Gasteiger partial charge < -0.3 is 14.5 Å². The first-order valence-electron chi connectivity index (χ1n) is 14.3. The third-order valence-corrected chi connectivity index (χ3v) is 9.27. The monoisotopic (exact) mass is 599 g/mol. The van der Waals surface area contributed by atoms with Gasteiger partial charge in [0.15, 0.2) is 0 Å². The summed E-state index contributed by atoms with van der Waals surface area (Å²) in [5.74, 6) is -1.21. The summed E-state index contributed by atoms with van der Waals surface area (Å²) >= 11 is 6.37. The molecule has 1 spiro atoms. The highest BCUT2D eigenvalue weighted by Gasteiger charge is 2.42. The molecule has 2 bridgehead atoms. The summed E-state index contributed by atoms with van der Waals surface area (Å²) in [7, 11) is -2.12. The summed E-state index contributed by atoms with van der Waals surface area (Å²) in [5, 5.41) is 0.740. The second-order valence-corrected chi connectivity index (χ2v) is 13.8. The van der Waals surface area contributed by atoms with Gasteiger partial charge in [0.1, 0.15) is 5.75 Å². The Kier molecular flexibility index (Phi) is 8.66. The number of nitrogens with one attached hydrogen (secondary N) is 1. The smallest absolute Gasteiger partial charge is 0.241 e. The van der Waals surface area contributed by atoms with Crippen molar-refractivity contribution in [2.75, 3.05) is 44.4 Å². The molecule has 8 nitrogen and oxygen atoms in total. The molecule has 41 heavy (non-hydrogen) atoms. The summed E-state index contributed by atoms with van der Waals surface area (Å²) < 4.78 is 32.6. The molecule has 0 aromatic heterocycles. The van der Waals surface area contributed by atoms with Crippen LogP contribution in [0.15, 0.2) is 48.6 Å². The average molecular weight is 600 g/mol. The normalized spacial score (nSPS) is 24.4. The molecule has 220 valence electrons. The highest BCUT2D eigenvalue weighted by Crippen LogP contribution is 2.45. The zero-order valence-electron chi connectivity index (χ0n) is 23.7. The minimum atomic E-state index is -3.81. The van der Waals surface area contributed by atoms with Crippen molar-refractivity contribution < 1.29 is 22.7 Å². The molecule has 10 heteroatoms. The second-order valence-electron chi connectivity index (χ2n) is 11.6. The molecule has 0 unspecified atom stereocenters. The van der Waals surface area contributed by atoms with Crippen LogP contribution >= 0.6 is 11.6 Å². The number of rotatable bonds is 2. The van der Waals surface area contributed by atoms with E-state index in [0.717, 1.165) is 74.3 Å². The number of carbonyl (C=O) groups is 2. The quantitative estimate of drug-likeness (QED) is 0.509. The van der Waals surface area contributed by atoms with Crippen LogP contribution in [0.3, 0.4) is 0 Å². The number of allylic oxidation sites excluding steroid dienone is 1. The fraction of sp³-hybridized carbons (Fsp3) is 0.484. The van der Waals surface area contributed by atoms with Crippen LogP contribution in [0.4, 0.5) is 5.69 Å².